The van der Waals surface area contributed by atoms with E-state index in [1.54, 1.807) is 25.1 Å². The van der Waals surface area contributed by atoms with Crippen LogP contribution in [-0.4, -0.2) is 75.5 Å². The largest absolute Gasteiger partial charge is 0.510 e. The highest BCUT2D eigenvalue weighted by Crippen LogP contribution is 2.54. The molecule has 1 aromatic carbocycles. The van der Waals surface area contributed by atoms with Crippen LogP contribution in [0.15, 0.2) is 41.2 Å². The summed E-state index contributed by atoms with van der Waals surface area (Å²) < 4.78 is 37.3. The first-order valence-electron chi connectivity index (χ1n) is 12.0. The molecule has 7 N–H and O–H groups in total. The number of benzene rings is 1. The average Bonchev–Trinajstić information content (AvgIpc) is 2.79. The van der Waals surface area contributed by atoms with Crippen LogP contribution in [0.3, 0.4) is 0 Å². The molecule has 4 atom stereocenters. The van der Waals surface area contributed by atoms with E-state index in [1.807, 2.05) is 0 Å². The van der Waals surface area contributed by atoms with E-state index in [1.165, 1.54) is 6.07 Å². The van der Waals surface area contributed by atoms with Gasteiger partial charge in [-0.25, -0.2) is 0 Å². The van der Waals surface area contributed by atoms with Crippen LogP contribution in [0.4, 0.5) is 13.2 Å². The van der Waals surface area contributed by atoms with Crippen LogP contribution >= 0.6 is 0 Å². The van der Waals surface area contributed by atoms with Crippen molar-refractivity contribution in [1.29, 1.82) is 0 Å². The van der Waals surface area contributed by atoms with Gasteiger partial charge >= 0.3 is 6.18 Å². The van der Waals surface area contributed by atoms with Gasteiger partial charge in [-0.15, -0.1) is 0 Å². The normalized spacial score (nSPS) is 27.4. The molecule has 12 heteroatoms. The molecule has 3 aliphatic rings. The van der Waals surface area contributed by atoms with Crippen LogP contribution in [-0.2, 0) is 22.6 Å². The summed E-state index contributed by atoms with van der Waals surface area (Å²) >= 11 is 0. The maximum absolute atomic E-state index is 13.9. The van der Waals surface area contributed by atoms with Crippen molar-refractivity contribution >= 4 is 17.4 Å². The fraction of sp³-hybridized carbons (Fsp3) is 0.462. The Balaban J connectivity index is 1.76. The summed E-state index contributed by atoms with van der Waals surface area (Å²) in [5, 5.41) is 47.4. The van der Waals surface area contributed by atoms with Crippen LogP contribution < -0.4 is 11.1 Å². The SMILES string of the molecule is C=C1C(C(N)=O)=C(O)[C@H](N(C)C)[C@@H]2CC3Cc4ccc(CNCCC(F)(F)F)c(O)c4C(O)=C3C(=O)[C@]12O. The van der Waals surface area contributed by atoms with Crippen molar-refractivity contribution in [2.75, 3.05) is 20.6 Å². The maximum Gasteiger partial charge on any atom is 0.390 e. The standard InChI is InChI=1S/C26H30F3N3O6/c1-11-16(24(30)37)22(35)19(32(2)3)15-9-14-8-12-4-5-13(10-31-7-6-25(27,28)29)20(33)17(12)21(34)18(14)23(36)26(11,15)38/h4-5,14-15,19,31,33-35,38H,1,6-10H2,2-3H3,(H2,30,37)/t14?,15-,19+,26-/m0/s1. The number of alkyl halides is 3. The van der Waals surface area contributed by atoms with E-state index in [2.05, 4.69) is 11.9 Å². The van der Waals surface area contributed by atoms with Gasteiger partial charge in [0.25, 0.3) is 5.91 Å². The number of rotatable bonds is 6. The van der Waals surface area contributed by atoms with Crippen LogP contribution in [0.25, 0.3) is 5.76 Å². The number of amides is 1. The molecule has 0 spiro atoms. The first kappa shape index (κ1) is 27.7. The van der Waals surface area contributed by atoms with Crippen LogP contribution in [0.1, 0.15) is 29.5 Å². The van der Waals surface area contributed by atoms with Crippen molar-refractivity contribution in [1.82, 2.24) is 10.2 Å². The number of primary amides is 1. The summed E-state index contributed by atoms with van der Waals surface area (Å²) in [5.41, 5.74) is 2.79. The number of hydrogen-bond acceptors (Lipinski definition) is 8. The van der Waals surface area contributed by atoms with Gasteiger partial charge in [-0.3, -0.25) is 14.5 Å². The summed E-state index contributed by atoms with van der Waals surface area (Å²) in [6, 6.07) is 2.22. The zero-order chi connectivity index (χ0) is 28.3. The molecule has 0 heterocycles. The van der Waals surface area contributed by atoms with E-state index in [0.29, 0.717) is 5.56 Å². The van der Waals surface area contributed by atoms with Crippen LogP contribution in [0.5, 0.6) is 5.75 Å². The number of aromatic hydroxyl groups is 1. The molecule has 0 aromatic heterocycles. The molecule has 0 aliphatic heterocycles. The Morgan fingerprint density at radius 3 is 2.50 bits per heavy atom. The van der Waals surface area contributed by atoms with Gasteiger partial charge in [0.15, 0.2) is 11.4 Å². The number of carbonyl (C=O) groups is 2. The third-order valence-electron chi connectivity index (χ3n) is 7.76. The summed E-state index contributed by atoms with van der Waals surface area (Å²) in [4.78, 5) is 27.6. The molecule has 4 rings (SSSR count). The Morgan fingerprint density at radius 2 is 1.92 bits per heavy atom. The number of hydrogen-bond donors (Lipinski definition) is 6. The van der Waals surface area contributed by atoms with E-state index >= 15 is 0 Å². The number of nitrogens with zero attached hydrogens (tertiary/aromatic N) is 1. The topological polar surface area (TPSA) is 156 Å². The lowest BCUT2D eigenvalue weighted by atomic mass is 9.56. The van der Waals surface area contributed by atoms with E-state index < -0.39 is 70.6 Å². The summed E-state index contributed by atoms with van der Waals surface area (Å²) in [6.07, 6.45) is -5.06. The Labute approximate surface area is 216 Å². The van der Waals surface area contributed by atoms with Gasteiger partial charge in [0, 0.05) is 35.7 Å². The summed E-state index contributed by atoms with van der Waals surface area (Å²) in [6.45, 7) is 3.22. The van der Waals surface area contributed by atoms with Gasteiger partial charge < -0.3 is 31.5 Å². The number of nitrogens with one attached hydrogen (secondary N) is 1. The third-order valence-corrected chi connectivity index (χ3v) is 7.76. The van der Waals surface area contributed by atoms with Crippen LogP contribution in [0, 0.1) is 11.8 Å². The molecule has 1 unspecified atom stereocenters. The molecular formula is C26H30F3N3O6. The molecule has 1 fully saturated rings. The Bertz CT molecular complexity index is 1290. The lowest BCUT2D eigenvalue weighted by molar-refractivity contribution is -0.143. The van der Waals surface area contributed by atoms with E-state index in [9.17, 15) is 43.2 Å². The quantitative estimate of drug-likeness (QED) is 0.301. The number of likely N-dealkylation sites (N-methyl/N-ethyl adjacent to an activating group) is 1. The van der Waals surface area contributed by atoms with E-state index in [-0.39, 0.29) is 48.2 Å². The van der Waals surface area contributed by atoms with E-state index in [0.717, 1.165) is 0 Å². The van der Waals surface area contributed by atoms with Crippen molar-refractivity contribution < 1.29 is 43.2 Å². The number of aliphatic hydroxyl groups excluding tert-OH is 2. The number of nitrogens with two attached hydrogens (primary N) is 1. The number of phenolic OH excluding ortho intramolecular Hbond substituents is 1. The van der Waals surface area contributed by atoms with Gasteiger partial charge in [-0.2, -0.15) is 13.2 Å². The molecule has 9 nitrogen and oxygen atoms in total. The number of aliphatic hydroxyl groups is 3. The lowest BCUT2D eigenvalue weighted by Gasteiger charge is -2.52. The number of ketones is 1. The molecule has 0 saturated heterocycles. The number of halogens is 3. The fourth-order valence-corrected chi connectivity index (χ4v) is 6.03. The fourth-order valence-electron chi connectivity index (χ4n) is 6.03. The average molecular weight is 538 g/mol. The van der Waals surface area contributed by atoms with Crippen molar-refractivity contribution in [2.45, 2.75) is 43.6 Å². The first-order valence-corrected chi connectivity index (χ1v) is 12.0. The first-order chi connectivity index (χ1) is 17.6. The minimum Gasteiger partial charge on any atom is -0.510 e. The third kappa shape index (κ3) is 4.26. The second-order valence-corrected chi connectivity index (χ2v) is 10.3. The Kier molecular flexibility index (Phi) is 6.87. The second kappa shape index (κ2) is 9.44. The zero-order valence-electron chi connectivity index (χ0n) is 20.9. The molecule has 0 bridgehead atoms. The predicted molar refractivity (Wildman–Crippen MR) is 131 cm³/mol. The molecule has 0 radical (unpaired) electrons. The van der Waals surface area contributed by atoms with Crippen molar-refractivity contribution in [3.63, 3.8) is 0 Å². The molecule has 3 aliphatic carbocycles. The molecule has 1 aromatic rings. The van der Waals surface area contributed by atoms with E-state index in [4.69, 9.17) is 5.73 Å². The predicted octanol–water partition coefficient (Wildman–Crippen LogP) is 1.99. The smallest absolute Gasteiger partial charge is 0.390 e. The van der Waals surface area contributed by atoms with Crippen molar-refractivity contribution in [3.05, 3.63) is 57.9 Å². The molecule has 38 heavy (non-hydrogen) atoms. The number of Topliss-reactive ketones (excluding diaryl/α,β-unsaturated/α-hetero) is 1. The number of fused-ring (bicyclic) bond motifs is 3. The zero-order valence-corrected chi connectivity index (χ0v) is 20.9. The lowest BCUT2D eigenvalue weighted by Crippen LogP contribution is -2.63. The molecule has 1 saturated carbocycles. The minimum atomic E-state index is -4.34. The van der Waals surface area contributed by atoms with Crippen molar-refractivity contribution in [2.24, 2.45) is 17.6 Å². The summed E-state index contributed by atoms with van der Waals surface area (Å²) in [5.74, 6) is -4.86. The van der Waals surface area contributed by atoms with Crippen molar-refractivity contribution in [3.8, 4) is 5.75 Å². The minimum absolute atomic E-state index is 0.0409. The highest BCUT2D eigenvalue weighted by atomic mass is 19.4. The second-order valence-electron chi connectivity index (χ2n) is 10.3. The molecule has 206 valence electrons. The van der Waals surface area contributed by atoms with Gasteiger partial charge in [-0.05, 0) is 38.4 Å². The monoisotopic (exact) mass is 537 g/mol. The summed E-state index contributed by atoms with van der Waals surface area (Å²) in [7, 11) is 3.22. The highest BCUT2D eigenvalue weighted by molar-refractivity contribution is 6.13. The highest BCUT2D eigenvalue weighted by Gasteiger charge is 2.62. The number of phenols is 1. The van der Waals surface area contributed by atoms with Gasteiger partial charge in [0.1, 0.15) is 17.3 Å². The molecule has 1 amide bonds. The van der Waals surface area contributed by atoms with Crippen LogP contribution in [0.2, 0.25) is 0 Å². The van der Waals surface area contributed by atoms with Gasteiger partial charge in [0.05, 0.1) is 23.6 Å². The Morgan fingerprint density at radius 1 is 1.26 bits per heavy atom. The Hall–Kier alpha value is -3.35. The molecular weight excluding hydrogens is 507 g/mol. The maximum atomic E-state index is 13.9. The van der Waals surface area contributed by atoms with Gasteiger partial charge in [0.2, 0.25) is 0 Å². The number of carbonyl (C=O) groups excluding carboxylic acids is 2. The van der Waals surface area contributed by atoms with Gasteiger partial charge in [-0.1, -0.05) is 18.7 Å².